The van der Waals surface area contributed by atoms with E-state index in [1.165, 1.54) is 11.3 Å². The molecule has 60 valence electrons. The quantitative estimate of drug-likeness (QED) is 0.728. The van der Waals surface area contributed by atoms with E-state index in [4.69, 9.17) is 5.73 Å². The first-order valence-electron chi connectivity index (χ1n) is 3.36. The number of amides is 1. The fraction of sp³-hybridized carbons (Fsp3) is 0.429. The molecule has 0 unspecified atom stereocenters. The Morgan fingerprint density at radius 3 is 2.73 bits per heavy atom. The van der Waals surface area contributed by atoms with Gasteiger partial charge in [-0.1, -0.05) is 13.8 Å². The Morgan fingerprint density at radius 1 is 1.73 bits per heavy atom. The predicted octanol–water partition coefficient (Wildman–Crippen LogP) is 1.37. The van der Waals surface area contributed by atoms with Crippen LogP contribution in [-0.2, 0) is 0 Å². The molecule has 0 saturated heterocycles. The number of carbonyl (C=O) groups excluding carboxylic acids is 1. The van der Waals surface area contributed by atoms with Crippen LogP contribution in [0, 0.1) is 0 Å². The number of thiazole rings is 1. The van der Waals surface area contributed by atoms with Crippen LogP contribution in [0.3, 0.4) is 0 Å². The number of nitrogens with zero attached hydrogens (tertiary/aromatic N) is 1. The number of primary amides is 1. The zero-order valence-electron chi connectivity index (χ0n) is 6.50. The van der Waals surface area contributed by atoms with Crippen molar-refractivity contribution in [2.24, 2.45) is 5.73 Å². The number of hydrogen-bond acceptors (Lipinski definition) is 3. The molecule has 0 aromatic carbocycles. The fourth-order valence-electron chi connectivity index (χ4n) is 0.850. The molecule has 0 aliphatic carbocycles. The molecule has 3 nitrogen and oxygen atoms in total. The van der Waals surface area contributed by atoms with Gasteiger partial charge < -0.3 is 5.73 Å². The summed E-state index contributed by atoms with van der Waals surface area (Å²) in [4.78, 5) is 15.4. The predicted molar refractivity (Wildman–Crippen MR) is 44.7 cm³/mol. The van der Waals surface area contributed by atoms with Gasteiger partial charge in [0.05, 0.1) is 11.2 Å². The van der Waals surface area contributed by atoms with Crippen molar-refractivity contribution in [3.8, 4) is 0 Å². The first-order chi connectivity index (χ1) is 5.13. The highest BCUT2D eigenvalue weighted by Crippen LogP contribution is 2.20. The van der Waals surface area contributed by atoms with Crippen LogP contribution in [-0.4, -0.2) is 10.9 Å². The number of hydrogen-bond donors (Lipinski definition) is 1. The van der Waals surface area contributed by atoms with Gasteiger partial charge in [0.15, 0.2) is 0 Å². The summed E-state index contributed by atoms with van der Waals surface area (Å²) in [5, 5.41) is 0. The lowest BCUT2D eigenvalue weighted by atomic mass is 10.1. The first kappa shape index (κ1) is 8.20. The minimum Gasteiger partial charge on any atom is -0.365 e. The van der Waals surface area contributed by atoms with Gasteiger partial charge in [-0.25, -0.2) is 4.98 Å². The summed E-state index contributed by atoms with van der Waals surface area (Å²) in [6.45, 7) is 3.98. The van der Waals surface area contributed by atoms with Crippen LogP contribution in [0.25, 0.3) is 0 Å². The lowest BCUT2D eigenvalue weighted by molar-refractivity contribution is 0.100. The number of rotatable bonds is 2. The summed E-state index contributed by atoms with van der Waals surface area (Å²) in [6, 6.07) is 0. The van der Waals surface area contributed by atoms with Gasteiger partial charge in [-0.3, -0.25) is 4.79 Å². The zero-order valence-corrected chi connectivity index (χ0v) is 7.31. The number of nitrogens with two attached hydrogens (primary N) is 1. The summed E-state index contributed by atoms with van der Waals surface area (Å²) in [7, 11) is 0. The van der Waals surface area contributed by atoms with Crippen LogP contribution in [0.1, 0.15) is 35.1 Å². The number of carbonyl (C=O) groups is 1. The molecule has 0 spiro atoms. The highest BCUT2D eigenvalue weighted by Gasteiger charge is 2.13. The third-order valence-corrected chi connectivity index (χ3v) is 2.22. The van der Waals surface area contributed by atoms with Crippen LogP contribution in [0.15, 0.2) is 5.51 Å². The molecule has 0 aliphatic heterocycles. The van der Waals surface area contributed by atoms with Crippen LogP contribution in [0.4, 0.5) is 0 Å². The molecule has 11 heavy (non-hydrogen) atoms. The van der Waals surface area contributed by atoms with Gasteiger partial charge >= 0.3 is 0 Å². The van der Waals surface area contributed by atoms with Crippen molar-refractivity contribution >= 4 is 17.2 Å². The Bertz CT molecular complexity index is 267. The van der Waals surface area contributed by atoms with E-state index in [9.17, 15) is 4.79 Å². The van der Waals surface area contributed by atoms with E-state index in [0.29, 0.717) is 4.88 Å². The third kappa shape index (κ3) is 1.57. The molecule has 1 heterocycles. The smallest absolute Gasteiger partial charge is 0.260 e. The molecular formula is C7H10N2OS. The SMILES string of the molecule is CC(C)c1ncsc1C(N)=O. The van der Waals surface area contributed by atoms with Gasteiger partial charge in [-0.05, 0) is 5.92 Å². The van der Waals surface area contributed by atoms with Gasteiger partial charge in [0.2, 0.25) is 0 Å². The monoisotopic (exact) mass is 170 g/mol. The third-order valence-electron chi connectivity index (χ3n) is 1.37. The van der Waals surface area contributed by atoms with Gasteiger partial charge in [0.25, 0.3) is 5.91 Å². The van der Waals surface area contributed by atoms with Crippen molar-refractivity contribution in [2.75, 3.05) is 0 Å². The van der Waals surface area contributed by atoms with Crippen molar-refractivity contribution in [1.29, 1.82) is 0 Å². The summed E-state index contributed by atoms with van der Waals surface area (Å²) in [5.74, 6) is -0.111. The van der Waals surface area contributed by atoms with Crippen molar-refractivity contribution in [2.45, 2.75) is 19.8 Å². The standard InChI is InChI=1S/C7H10N2OS/c1-4(2)5-6(7(8)10)11-3-9-5/h3-4H,1-2H3,(H2,8,10). The van der Waals surface area contributed by atoms with E-state index >= 15 is 0 Å². The Hall–Kier alpha value is -0.900. The molecule has 0 bridgehead atoms. The lowest BCUT2D eigenvalue weighted by Crippen LogP contribution is -2.12. The van der Waals surface area contributed by atoms with Crippen molar-refractivity contribution in [3.05, 3.63) is 16.1 Å². The first-order valence-corrected chi connectivity index (χ1v) is 4.24. The van der Waals surface area contributed by atoms with E-state index in [-0.39, 0.29) is 11.8 Å². The topological polar surface area (TPSA) is 56.0 Å². The van der Waals surface area contributed by atoms with Crippen molar-refractivity contribution in [3.63, 3.8) is 0 Å². The van der Waals surface area contributed by atoms with E-state index < -0.39 is 0 Å². The second kappa shape index (κ2) is 3.00. The molecule has 1 aromatic rings. The van der Waals surface area contributed by atoms with Gasteiger partial charge in [0, 0.05) is 0 Å². The van der Waals surface area contributed by atoms with E-state index in [2.05, 4.69) is 4.98 Å². The van der Waals surface area contributed by atoms with Gasteiger partial charge in [0.1, 0.15) is 4.88 Å². The second-order valence-corrected chi connectivity index (χ2v) is 3.44. The zero-order chi connectivity index (χ0) is 8.43. The average Bonchev–Trinajstić information content (AvgIpc) is 2.32. The van der Waals surface area contributed by atoms with Crippen molar-refractivity contribution < 1.29 is 4.79 Å². The van der Waals surface area contributed by atoms with Gasteiger partial charge in [-0.15, -0.1) is 11.3 Å². The van der Waals surface area contributed by atoms with Crippen LogP contribution >= 0.6 is 11.3 Å². The summed E-state index contributed by atoms with van der Waals surface area (Å²) in [5.41, 5.74) is 7.58. The highest BCUT2D eigenvalue weighted by atomic mass is 32.1. The molecule has 4 heteroatoms. The number of aromatic nitrogens is 1. The Morgan fingerprint density at radius 2 is 2.36 bits per heavy atom. The molecule has 0 atom stereocenters. The normalized spacial score (nSPS) is 10.5. The maximum Gasteiger partial charge on any atom is 0.260 e. The second-order valence-electron chi connectivity index (χ2n) is 2.59. The molecule has 0 radical (unpaired) electrons. The summed E-state index contributed by atoms with van der Waals surface area (Å²) in [6.07, 6.45) is 0. The lowest BCUT2D eigenvalue weighted by Gasteiger charge is -2.00. The molecule has 0 aliphatic rings. The van der Waals surface area contributed by atoms with Crippen LogP contribution < -0.4 is 5.73 Å². The Labute approximate surface area is 69.3 Å². The van der Waals surface area contributed by atoms with Gasteiger partial charge in [-0.2, -0.15) is 0 Å². The van der Waals surface area contributed by atoms with Crippen LogP contribution in [0.2, 0.25) is 0 Å². The highest BCUT2D eigenvalue weighted by molar-refractivity contribution is 7.11. The van der Waals surface area contributed by atoms with Crippen LogP contribution in [0.5, 0.6) is 0 Å². The van der Waals surface area contributed by atoms with E-state index in [0.717, 1.165) is 5.69 Å². The Kier molecular flexibility index (Phi) is 2.24. The minimum atomic E-state index is -0.379. The minimum absolute atomic E-state index is 0.267. The summed E-state index contributed by atoms with van der Waals surface area (Å²) >= 11 is 1.30. The van der Waals surface area contributed by atoms with Crippen molar-refractivity contribution in [1.82, 2.24) is 4.98 Å². The molecule has 1 amide bonds. The maximum atomic E-state index is 10.8. The molecule has 0 saturated carbocycles. The fourth-order valence-corrected chi connectivity index (χ4v) is 1.65. The largest absolute Gasteiger partial charge is 0.365 e. The Balaban J connectivity index is 3.06. The van der Waals surface area contributed by atoms with E-state index in [1.54, 1.807) is 5.51 Å². The molecule has 1 rings (SSSR count). The van der Waals surface area contributed by atoms with E-state index in [1.807, 2.05) is 13.8 Å². The average molecular weight is 170 g/mol. The molecule has 1 aromatic heterocycles. The molecular weight excluding hydrogens is 160 g/mol. The summed E-state index contributed by atoms with van der Waals surface area (Å²) < 4.78 is 0. The molecule has 2 N–H and O–H groups in total. The maximum absolute atomic E-state index is 10.8. The molecule has 0 fully saturated rings.